The molecular formula is C14H16N4O3. The van der Waals surface area contributed by atoms with Crippen molar-refractivity contribution in [3.63, 3.8) is 0 Å². The molecule has 1 aromatic carbocycles. The summed E-state index contributed by atoms with van der Waals surface area (Å²) in [7, 11) is 0. The van der Waals surface area contributed by atoms with Crippen LogP contribution in [-0.4, -0.2) is 31.7 Å². The fourth-order valence-electron chi connectivity index (χ4n) is 1.94. The maximum atomic E-state index is 12.2. The first-order valence-corrected chi connectivity index (χ1v) is 6.49. The lowest BCUT2D eigenvalue weighted by Crippen LogP contribution is -2.35. The third kappa shape index (κ3) is 3.88. The molecular weight excluding hydrogens is 272 g/mol. The summed E-state index contributed by atoms with van der Waals surface area (Å²) in [5.74, 6) is -1.28. The van der Waals surface area contributed by atoms with Crippen LogP contribution in [0.4, 0.5) is 0 Å². The van der Waals surface area contributed by atoms with Gasteiger partial charge in [-0.25, -0.2) is 9.67 Å². The zero-order valence-electron chi connectivity index (χ0n) is 11.5. The topological polar surface area (TPSA) is 97.1 Å². The summed E-state index contributed by atoms with van der Waals surface area (Å²) in [5.41, 5.74) is 0.749. The van der Waals surface area contributed by atoms with Crippen molar-refractivity contribution in [3.8, 4) is 0 Å². The second-order valence-corrected chi connectivity index (χ2v) is 4.62. The summed E-state index contributed by atoms with van der Waals surface area (Å²) in [6.07, 6.45) is 2.61. The second kappa shape index (κ2) is 6.65. The number of carbonyl (C=O) groups excluding carboxylic acids is 1. The molecule has 0 fully saturated rings. The first-order valence-electron chi connectivity index (χ1n) is 6.49. The normalized spacial score (nSPS) is 13.4. The predicted octanol–water partition coefficient (Wildman–Crippen LogP) is 1.17. The van der Waals surface area contributed by atoms with E-state index in [-0.39, 0.29) is 12.3 Å². The minimum Gasteiger partial charge on any atom is -0.481 e. The van der Waals surface area contributed by atoms with Gasteiger partial charge >= 0.3 is 5.97 Å². The van der Waals surface area contributed by atoms with Crippen LogP contribution in [0.3, 0.4) is 0 Å². The van der Waals surface area contributed by atoms with E-state index in [1.807, 2.05) is 6.07 Å². The molecule has 0 aliphatic rings. The zero-order valence-corrected chi connectivity index (χ0v) is 11.5. The SMILES string of the molecule is CC(C(=O)NC(CC(=O)O)c1ccccc1)n1cncn1. The molecule has 7 heteroatoms. The minimum absolute atomic E-state index is 0.181. The standard InChI is InChI=1S/C14H16N4O3/c1-10(18-9-15-8-16-18)14(21)17-12(7-13(19)20)11-5-3-2-4-6-11/h2-6,8-10,12H,7H2,1H3,(H,17,21)(H,19,20). The van der Waals surface area contributed by atoms with Gasteiger partial charge in [0.2, 0.25) is 5.91 Å². The Morgan fingerprint density at radius 3 is 2.62 bits per heavy atom. The lowest BCUT2D eigenvalue weighted by molar-refractivity contribution is -0.137. The quantitative estimate of drug-likeness (QED) is 0.831. The molecule has 1 heterocycles. The van der Waals surface area contributed by atoms with Crippen LogP contribution in [0.2, 0.25) is 0 Å². The molecule has 21 heavy (non-hydrogen) atoms. The monoisotopic (exact) mass is 288 g/mol. The number of hydrogen-bond donors (Lipinski definition) is 2. The van der Waals surface area contributed by atoms with Gasteiger partial charge in [0.1, 0.15) is 18.7 Å². The van der Waals surface area contributed by atoms with Gasteiger partial charge in [-0.2, -0.15) is 5.10 Å². The Hall–Kier alpha value is -2.70. The largest absolute Gasteiger partial charge is 0.481 e. The number of carbonyl (C=O) groups is 2. The van der Waals surface area contributed by atoms with Crippen LogP contribution in [0.15, 0.2) is 43.0 Å². The molecule has 2 N–H and O–H groups in total. The summed E-state index contributed by atoms with van der Waals surface area (Å²) in [5, 5.41) is 15.7. The highest BCUT2D eigenvalue weighted by atomic mass is 16.4. The van der Waals surface area contributed by atoms with Gasteiger partial charge in [-0.1, -0.05) is 30.3 Å². The highest BCUT2D eigenvalue weighted by Gasteiger charge is 2.22. The number of carboxylic acids is 1. The van der Waals surface area contributed by atoms with E-state index >= 15 is 0 Å². The van der Waals surface area contributed by atoms with Crippen LogP contribution in [0.5, 0.6) is 0 Å². The summed E-state index contributed by atoms with van der Waals surface area (Å²) >= 11 is 0. The highest BCUT2D eigenvalue weighted by molar-refractivity contribution is 5.81. The van der Waals surface area contributed by atoms with Crippen LogP contribution in [0.25, 0.3) is 0 Å². The second-order valence-electron chi connectivity index (χ2n) is 4.62. The summed E-state index contributed by atoms with van der Waals surface area (Å²) in [4.78, 5) is 27.0. The third-order valence-electron chi connectivity index (χ3n) is 3.11. The Bertz CT molecular complexity index is 598. The Balaban J connectivity index is 2.11. The van der Waals surface area contributed by atoms with E-state index < -0.39 is 18.1 Å². The smallest absolute Gasteiger partial charge is 0.305 e. The number of rotatable bonds is 6. The van der Waals surface area contributed by atoms with E-state index in [0.717, 1.165) is 5.56 Å². The van der Waals surface area contributed by atoms with Gasteiger partial charge in [0, 0.05) is 0 Å². The molecule has 1 aromatic heterocycles. The number of carboxylic acid groups (broad SMARTS) is 1. The number of nitrogens with one attached hydrogen (secondary N) is 1. The number of nitrogens with zero attached hydrogens (tertiary/aromatic N) is 3. The van der Waals surface area contributed by atoms with Crippen molar-refractivity contribution in [1.29, 1.82) is 0 Å². The Labute approximate surface area is 121 Å². The van der Waals surface area contributed by atoms with E-state index in [1.54, 1.807) is 31.2 Å². The van der Waals surface area contributed by atoms with Crippen molar-refractivity contribution in [3.05, 3.63) is 48.5 Å². The molecule has 0 saturated heterocycles. The van der Waals surface area contributed by atoms with Crippen molar-refractivity contribution >= 4 is 11.9 Å². The molecule has 110 valence electrons. The van der Waals surface area contributed by atoms with Crippen molar-refractivity contribution < 1.29 is 14.7 Å². The van der Waals surface area contributed by atoms with E-state index in [2.05, 4.69) is 15.4 Å². The molecule has 0 spiro atoms. The molecule has 0 aliphatic carbocycles. The van der Waals surface area contributed by atoms with E-state index in [1.165, 1.54) is 17.3 Å². The van der Waals surface area contributed by atoms with Gasteiger partial charge in [-0.3, -0.25) is 9.59 Å². The van der Waals surface area contributed by atoms with Gasteiger partial charge in [-0.15, -0.1) is 0 Å². The van der Waals surface area contributed by atoms with Gasteiger partial charge in [0.05, 0.1) is 12.5 Å². The molecule has 2 rings (SSSR count). The lowest BCUT2D eigenvalue weighted by Gasteiger charge is -2.20. The molecule has 2 atom stereocenters. The summed E-state index contributed by atoms with van der Waals surface area (Å²) < 4.78 is 1.41. The summed E-state index contributed by atoms with van der Waals surface area (Å²) in [6.45, 7) is 1.67. The first-order chi connectivity index (χ1) is 10.1. The van der Waals surface area contributed by atoms with Crippen molar-refractivity contribution in [1.82, 2.24) is 20.1 Å². The molecule has 0 aliphatic heterocycles. The van der Waals surface area contributed by atoms with E-state index in [4.69, 9.17) is 5.11 Å². The van der Waals surface area contributed by atoms with Crippen molar-refractivity contribution in [2.75, 3.05) is 0 Å². The van der Waals surface area contributed by atoms with Gasteiger partial charge < -0.3 is 10.4 Å². The first kappa shape index (κ1) is 14.7. The number of benzene rings is 1. The average molecular weight is 288 g/mol. The zero-order chi connectivity index (χ0) is 15.2. The Kier molecular flexibility index (Phi) is 4.65. The number of aliphatic carboxylic acids is 1. The number of aromatic nitrogens is 3. The molecule has 7 nitrogen and oxygen atoms in total. The highest BCUT2D eigenvalue weighted by Crippen LogP contribution is 2.17. The molecule has 0 radical (unpaired) electrons. The van der Waals surface area contributed by atoms with Gasteiger partial charge in [-0.05, 0) is 12.5 Å². The fraction of sp³-hybridized carbons (Fsp3) is 0.286. The van der Waals surface area contributed by atoms with Crippen LogP contribution < -0.4 is 5.32 Å². The maximum absolute atomic E-state index is 12.2. The van der Waals surface area contributed by atoms with Crippen LogP contribution in [-0.2, 0) is 9.59 Å². The lowest BCUT2D eigenvalue weighted by atomic mass is 10.0. The van der Waals surface area contributed by atoms with Crippen molar-refractivity contribution in [2.24, 2.45) is 0 Å². The fourth-order valence-corrected chi connectivity index (χ4v) is 1.94. The summed E-state index contributed by atoms with van der Waals surface area (Å²) in [6, 6.07) is 7.87. The van der Waals surface area contributed by atoms with E-state index in [0.29, 0.717) is 0 Å². The van der Waals surface area contributed by atoms with Gasteiger partial charge in [0.15, 0.2) is 0 Å². The average Bonchev–Trinajstić information content (AvgIpc) is 3.00. The van der Waals surface area contributed by atoms with E-state index in [9.17, 15) is 9.59 Å². The molecule has 0 bridgehead atoms. The number of amides is 1. The van der Waals surface area contributed by atoms with Gasteiger partial charge in [0.25, 0.3) is 0 Å². The third-order valence-corrected chi connectivity index (χ3v) is 3.11. The van der Waals surface area contributed by atoms with Crippen LogP contribution in [0.1, 0.15) is 31.0 Å². The molecule has 2 aromatic rings. The Morgan fingerprint density at radius 1 is 1.33 bits per heavy atom. The van der Waals surface area contributed by atoms with Crippen molar-refractivity contribution in [2.45, 2.75) is 25.4 Å². The predicted molar refractivity (Wildman–Crippen MR) is 74.3 cm³/mol. The number of hydrogen-bond acceptors (Lipinski definition) is 4. The maximum Gasteiger partial charge on any atom is 0.305 e. The van der Waals surface area contributed by atoms with Crippen LogP contribution >= 0.6 is 0 Å². The Morgan fingerprint density at radius 2 is 2.05 bits per heavy atom. The molecule has 1 amide bonds. The minimum atomic E-state index is -0.974. The molecule has 2 unspecified atom stereocenters. The molecule has 0 saturated carbocycles. The van der Waals surface area contributed by atoms with Crippen LogP contribution in [0, 0.1) is 0 Å².